The van der Waals surface area contributed by atoms with Crippen LogP contribution in [0.2, 0.25) is 0 Å². The van der Waals surface area contributed by atoms with Crippen LogP contribution in [0.25, 0.3) is 11.1 Å². The molecule has 30 heavy (non-hydrogen) atoms. The van der Waals surface area contributed by atoms with Gasteiger partial charge in [-0.25, -0.2) is 0 Å². The van der Waals surface area contributed by atoms with E-state index in [2.05, 4.69) is 10.1 Å². The molecular formula is C23H18F5NO. The van der Waals surface area contributed by atoms with Gasteiger partial charge in [-0.15, -0.1) is 0 Å². The van der Waals surface area contributed by atoms with Crippen molar-refractivity contribution >= 4 is 5.69 Å². The molecule has 0 saturated carbocycles. The minimum absolute atomic E-state index is 0.0906. The van der Waals surface area contributed by atoms with Crippen molar-refractivity contribution in [2.45, 2.75) is 31.7 Å². The molecule has 1 N–H and O–H groups in total. The first-order valence-corrected chi connectivity index (χ1v) is 9.42. The fourth-order valence-electron chi connectivity index (χ4n) is 3.83. The minimum Gasteiger partial charge on any atom is -0.435 e. The van der Waals surface area contributed by atoms with Crippen LogP contribution in [0.5, 0.6) is 5.75 Å². The molecule has 3 aromatic rings. The number of alkyl halides is 5. The molecule has 1 heterocycles. The minimum atomic E-state index is -4.40. The van der Waals surface area contributed by atoms with Crippen LogP contribution < -0.4 is 10.1 Å². The molecule has 7 heteroatoms. The molecule has 1 aliphatic rings. The van der Waals surface area contributed by atoms with Gasteiger partial charge in [-0.3, -0.25) is 0 Å². The van der Waals surface area contributed by atoms with Gasteiger partial charge in [0.1, 0.15) is 5.75 Å². The van der Waals surface area contributed by atoms with E-state index in [1.54, 1.807) is 24.3 Å². The van der Waals surface area contributed by atoms with E-state index in [4.69, 9.17) is 0 Å². The number of halogens is 5. The summed E-state index contributed by atoms with van der Waals surface area (Å²) in [6.45, 7) is -2.89. The number of hydrogen-bond acceptors (Lipinski definition) is 2. The van der Waals surface area contributed by atoms with E-state index in [1.165, 1.54) is 12.1 Å². The van der Waals surface area contributed by atoms with E-state index in [9.17, 15) is 22.0 Å². The maximum atomic E-state index is 13.1. The highest BCUT2D eigenvalue weighted by Crippen LogP contribution is 2.40. The second kappa shape index (κ2) is 7.97. The van der Waals surface area contributed by atoms with Gasteiger partial charge in [-0.05, 0) is 65.4 Å². The van der Waals surface area contributed by atoms with Crippen molar-refractivity contribution in [3.8, 4) is 16.9 Å². The van der Waals surface area contributed by atoms with Crippen LogP contribution in [-0.2, 0) is 12.6 Å². The van der Waals surface area contributed by atoms with Gasteiger partial charge in [-0.1, -0.05) is 36.4 Å². The summed E-state index contributed by atoms with van der Waals surface area (Å²) in [4.78, 5) is 0. The monoisotopic (exact) mass is 419 g/mol. The number of benzene rings is 3. The lowest BCUT2D eigenvalue weighted by molar-refractivity contribution is -0.137. The summed E-state index contributed by atoms with van der Waals surface area (Å²) in [7, 11) is 0. The van der Waals surface area contributed by atoms with Gasteiger partial charge in [0.2, 0.25) is 0 Å². The average Bonchev–Trinajstić information content (AvgIpc) is 2.72. The molecule has 0 fully saturated rings. The smallest absolute Gasteiger partial charge is 0.416 e. The lowest BCUT2D eigenvalue weighted by atomic mass is 9.88. The summed E-state index contributed by atoms with van der Waals surface area (Å²) in [5.41, 5.74) is 3.14. The Morgan fingerprint density at radius 1 is 0.933 bits per heavy atom. The molecule has 0 saturated heterocycles. The Kier molecular flexibility index (Phi) is 5.37. The van der Waals surface area contributed by atoms with Crippen LogP contribution in [0.15, 0.2) is 66.7 Å². The van der Waals surface area contributed by atoms with E-state index in [0.717, 1.165) is 34.5 Å². The summed E-state index contributed by atoms with van der Waals surface area (Å²) in [6.07, 6.45) is -3.10. The van der Waals surface area contributed by atoms with Gasteiger partial charge in [0.25, 0.3) is 0 Å². The number of anilines is 1. The largest absolute Gasteiger partial charge is 0.435 e. The number of fused-ring (bicyclic) bond motifs is 1. The Bertz CT molecular complexity index is 1050. The van der Waals surface area contributed by atoms with Gasteiger partial charge in [0, 0.05) is 5.69 Å². The first-order chi connectivity index (χ1) is 14.3. The lowest BCUT2D eigenvalue weighted by Gasteiger charge is -2.29. The van der Waals surface area contributed by atoms with Crippen LogP contribution in [-0.4, -0.2) is 6.61 Å². The molecule has 0 aliphatic carbocycles. The molecule has 0 spiro atoms. The normalized spacial score (nSPS) is 16.1. The third-order valence-corrected chi connectivity index (χ3v) is 5.18. The Hall–Kier alpha value is -3.09. The van der Waals surface area contributed by atoms with Crippen molar-refractivity contribution in [3.05, 3.63) is 83.4 Å². The summed E-state index contributed by atoms with van der Waals surface area (Å²) in [5.74, 6) is 0.0906. The highest BCUT2D eigenvalue weighted by atomic mass is 19.4. The van der Waals surface area contributed by atoms with E-state index < -0.39 is 18.4 Å². The van der Waals surface area contributed by atoms with Gasteiger partial charge in [-0.2, -0.15) is 22.0 Å². The number of rotatable bonds is 4. The molecular weight excluding hydrogens is 401 g/mol. The van der Waals surface area contributed by atoms with E-state index in [-0.39, 0.29) is 11.8 Å². The SMILES string of the molecule is FC(F)Oc1cccc(C2CCc3c(cccc3-c3cccc(C(F)(F)F)c3)N2)c1. The molecule has 1 atom stereocenters. The van der Waals surface area contributed by atoms with Crippen LogP contribution in [0.3, 0.4) is 0 Å². The van der Waals surface area contributed by atoms with Crippen molar-refractivity contribution in [2.24, 2.45) is 0 Å². The van der Waals surface area contributed by atoms with Crippen molar-refractivity contribution in [2.75, 3.05) is 5.32 Å². The van der Waals surface area contributed by atoms with Gasteiger partial charge < -0.3 is 10.1 Å². The van der Waals surface area contributed by atoms with Crippen LogP contribution in [0.1, 0.15) is 29.2 Å². The average molecular weight is 419 g/mol. The summed E-state index contributed by atoms with van der Waals surface area (Å²) in [6, 6.07) is 17.2. The Morgan fingerprint density at radius 3 is 2.47 bits per heavy atom. The van der Waals surface area contributed by atoms with Crippen molar-refractivity contribution in [1.29, 1.82) is 0 Å². The zero-order valence-corrected chi connectivity index (χ0v) is 15.7. The van der Waals surface area contributed by atoms with Crippen LogP contribution >= 0.6 is 0 Å². The first-order valence-electron chi connectivity index (χ1n) is 9.42. The second-order valence-electron chi connectivity index (χ2n) is 7.10. The first kappa shape index (κ1) is 20.2. The third-order valence-electron chi connectivity index (χ3n) is 5.18. The van der Waals surface area contributed by atoms with E-state index in [1.807, 2.05) is 18.2 Å². The van der Waals surface area contributed by atoms with E-state index >= 15 is 0 Å². The number of nitrogens with one attached hydrogen (secondary N) is 1. The standard InChI is InChI=1S/C23H18F5NO/c24-22(25)30-17-7-2-5-15(13-17)20-11-10-19-18(8-3-9-21(19)29-20)14-4-1-6-16(12-14)23(26,27)28/h1-9,12-13,20,22,29H,10-11H2. The Morgan fingerprint density at radius 2 is 1.70 bits per heavy atom. The fraction of sp³-hybridized carbons (Fsp3) is 0.217. The molecule has 0 aromatic heterocycles. The topological polar surface area (TPSA) is 21.3 Å². The number of hydrogen-bond donors (Lipinski definition) is 1. The zero-order chi connectivity index (χ0) is 21.3. The highest BCUT2D eigenvalue weighted by Gasteiger charge is 2.31. The summed E-state index contributed by atoms with van der Waals surface area (Å²) >= 11 is 0. The van der Waals surface area contributed by atoms with E-state index in [0.29, 0.717) is 18.4 Å². The zero-order valence-electron chi connectivity index (χ0n) is 15.7. The molecule has 2 nitrogen and oxygen atoms in total. The third kappa shape index (κ3) is 4.25. The Balaban J connectivity index is 1.63. The molecule has 0 amide bonds. The maximum Gasteiger partial charge on any atom is 0.416 e. The molecule has 0 radical (unpaired) electrons. The number of ether oxygens (including phenoxy) is 1. The predicted molar refractivity (Wildman–Crippen MR) is 105 cm³/mol. The maximum absolute atomic E-state index is 13.1. The van der Waals surface area contributed by atoms with Crippen molar-refractivity contribution < 1.29 is 26.7 Å². The van der Waals surface area contributed by atoms with Gasteiger partial charge in [0.05, 0.1) is 11.6 Å². The summed E-state index contributed by atoms with van der Waals surface area (Å²) < 4.78 is 68.8. The van der Waals surface area contributed by atoms with Crippen molar-refractivity contribution in [1.82, 2.24) is 0 Å². The molecule has 156 valence electrons. The molecule has 1 unspecified atom stereocenters. The molecule has 4 rings (SSSR count). The van der Waals surface area contributed by atoms with Crippen LogP contribution in [0, 0.1) is 0 Å². The van der Waals surface area contributed by atoms with Gasteiger partial charge in [0.15, 0.2) is 0 Å². The van der Waals surface area contributed by atoms with Crippen LogP contribution in [0.4, 0.5) is 27.6 Å². The predicted octanol–water partition coefficient (Wildman–Crippen LogP) is 7.07. The molecule has 3 aromatic carbocycles. The lowest BCUT2D eigenvalue weighted by Crippen LogP contribution is -2.18. The molecule has 1 aliphatic heterocycles. The highest BCUT2D eigenvalue weighted by molar-refractivity contribution is 5.75. The fourth-order valence-corrected chi connectivity index (χ4v) is 3.83. The molecule has 0 bridgehead atoms. The Labute approximate surface area is 170 Å². The van der Waals surface area contributed by atoms with Crippen molar-refractivity contribution in [3.63, 3.8) is 0 Å². The van der Waals surface area contributed by atoms with Gasteiger partial charge >= 0.3 is 12.8 Å². The quantitative estimate of drug-likeness (QED) is 0.457. The second-order valence-corrected chi connectivity index (χ2v) is 7.10. The summed E-state index contributed by atoms with van der Waals surface area (Å²) in [5, 5.41) is 3.38.